The standard InChI is InChI=1S/C25H36N6O.C2H6/c1-8-20(9-2)16-21(30(6)14-15-31(7)23(26)18-27-10-3)17-29-25(32)22-12-11-13-28-24(22)19(4)5;1-2/h8,10-13,16-19,26H,1,3,9,14-15H2,2,4-7H3,(H,29,32);1-2H3/b20-16+,21-17-,26-23?,27-18?;. The first-order valence-electron chi connectivity index (χ1n) is 11.7. The van der Waals surface area contributed by atoms with Crippen molar-refractivity contribution in [3.8, 4) is 0 Å². The molecule has 1 rings (SSSR count). The van der Waals surface area contributed by atoms with Crippen LogP contribution < -0.4 is 5.32 Å². The largest absolute Gasteiger partial charge is 0.372 e. The number of rotatable bonds is 12. The predicted octanol–water partition coefficient (Wildman–Crippen LogP) is 5.38. The van der Waals surface area contributed by atoms with Crippen molar-refractivity contribution in [3.63, 3.8) is 0 Å². The van der Waals surface area contributed by atoms with Gasteiger partial charge in [-0.15, -0.1) is 0 Å². The Bertz CT molecular complexity index is 898. The first-order valence-corrected chi connectivity index (χ1v) is 11.7. The molecule has 0 unspecified atom stereocenters. The van der Waals surface area contributed by atoms with Crippen LogP contribution in [0.4, 0.5) is 0 Å². The van der Waals surface area contributed by atoms with Gasteiger partial charge in [0.15, 0.2) is 0 Å². The fraction of sp³-hybridized carbons (Fsp3) is 0.407. The highest BCUT2D eigenvalue weighted by Crippen LogP contribution is 2.16. The molecule has 0 aromatic carbocycles. The summed E-state index contributed by atoms with van der Waals surface area (Å²) in [4.78, 5) is 24.9. The monoisotopic (exact) mass is 466 g/mol. The van der Waals surface area contributed by atoms with Crippen LogP contribution in [0.25, 0.3) is 0 Å². The molecule has 1 aromatic rings. The van der Waals surface area contributed by atoms with Gasteiger partial charge in [-0.3, -0.25) is 20.2 Å². The minimum atomic E-state index is -0.197. The summed E-state index contributed by atoms with van der Waals surface area (Å²) >= 11 is 0. The molecule has 1 aromatic heterocycles. The average Bonchev–Trinajstić information content (AvgIpc) is 2.86. The molecule has 0 atom stereocenters. The van der Waals surface area contributed by atoms with E-state index in [1.807, 2.05) is 58.8 Å². The Labute approximate surface area is 206 Å². The second kappa shape index (κ2) is 17.1. The Morgan fingerprint density at radius 2 is 1.88 bits per heavy atom. The summed E-state index contributed by atoms with van der Waals surface area (Å²) in [5.41, 5.74) is 3.23. The van der Waals surface area contributed by atoms with Crippen molar-refractivity contribution in [3.05, 3.63) is 78.6 Å². The van der Waals surface area contributed by atoms with E-state index in [2.05, 4.69) is 35.4 Å². The summed E-state index contributed by atoms with van der Waals surface area (Å²) in [5.74, 6) is 0.244. The van der Waals surface area contributed by atoms with Gasteiger partial charge in [0.25, 0.3) is 5.91 Å². The van der Waals surface area contributed by atoms with E-state index in [0.717, 1.165) is 23.4 Å². The molecule has 0 aliphatic heterocycles. The average molecular weight is 467 g/mol. The normalized spacial score (nSPS) is 11.5. The lowest BCUT2D eigenvalue weighted by molar-refractivity contribution is 0.0967. The number of likely N-dealkylation sites (N-methyl/N-ethyl adjacent to an activating group) is 2. The summed E-state index contributed by atoms with van der Waals surface area (Å²) in [7, 11) is 3.78. The van der Waals surface area contributed by atoms with E-state index < -0.39 is 0 Å². The van der Waals surface area contributed by atoms with Crippen LogP contribution in [0.1, 0.15) is 63.0 Å². The number of carbonyl (C=O) groups excluding carboxylic acids is 1. The number of amides is 1. The number of amidine groups is 1. The smallest absolute Gasteiger partial charge is 0.257 e. The third-order valence-corrected chi connectivity index (χ3v) is 4.91. The maximum Gasteiger partial charge on any atom is 0.257 e. The van der Waals surface area contributed by atoms with Gasteiger partial charge in [0.1, 0.15) is 5.84 Å². The third-order valence-electron chi connectivity index (χ3n) is 4.91. The molecule has 34 heavy (non-hydrogen) atoms. The van der Waals surface area contributed by atoms with E-state index in [4.69, 9.17) is 5.41 Å². The van der Waals surface area contributed by atoms with E-state index in [1.54, 1.807) is 29.4 Å². The van der Waals surface area contributed by atoms with Crippen molar-refractivity contribution < 1.29 is 4.79 Å². The van der Waals surface area contributed by atoms with Crippen LogP contribution in [0.2, 0.25) is 0 Å². The van der Waals surface area contributed by atoms with Crippen molar-refractivity contribution in [1.82, 2.24) is 20.1 Å². The molecule has 0 fully saturated rings. The van der Waals surface area contributed by atoms with Crippen molar-refractivity contribution in [2.24, 2.45) is 4.99 Å². The van der Waals surface area contributed by atoms with Gasteiger partial charge in [0.2, 0.25) is 0 Å². The topological polar surface area (TPSA) is 84.7 Å². The van der Waals surface area contributed by atoms with Gasteiger partial charge in [-0.2, -0.15) is 0 Å². The number of aliphatic imine (C=N–C) groups is 1. The second-order valence-electron chi connectivity index (χ2n) is 7.60. The number of allylic oxidation sites excluding steroid dienone is 3. The van der Waals surface area contributed by atoms with Crippen LogP contribution >= 0.6 is 0 Å². The number of aromatic nitrogens is 1. The van der Waals surface area contributed by atoms with Crippen LogP contribution in [0.15, 0.2) is 72.3 Å². The van der Waals surface area contributed by atoms with Gasteiger partial charge in [0.05, 0.1) is 23.2 Å². The van der Waals surface area contributed by atoms with E-state index >= 15 is 0 Å². The Kier molecular flexibility index (Phi) is 15.3. The van der Waals surface area contributed by atoms with Crippen molar-refractivity contribution in [2.75, 3.05) is 27.2 Å². The van der Waals surface area contributed by atoms with Crippen molar-refractivity contribution in [2.45, 2.75) is 47.0 Å². The van der Waals surface area contributed by atoms with Gasteiger partial charge in [-0.1, -0.05) is 53.9 Å². The van der Waals surface area contributed by atoms with Gasteiger partial charge in [-0.05, 0) is 36.1 Å². The summed E-state index contributed by atoms with van der Waals surface area (Å²) < 4.78 is 0. The predicted molar refractivity (Wildman–Crippen MR) is 145 cm³/mol. The number of nitrogens with one attached hydrogen (secondary N) is 2. The summed E-state index contributed by atoms with van der Waals surface area (Å²) in [6.07, 6.45) is 10.9. The SMILES string of the molecule is C=CN=CC(=N)N(C)CCN(C)C(/C=C(\C=C)CC)=C\NC(=O)c1cccnc1C(C)C.CC. The highest BCUT2D eigenvalue weighted by Gasteiger charge is 2.14. The third kappa shape index (κ3) is 10.4. The lowest BCUT2D eigenvalue weighted by atomic mass is 10.0. The van der Waals surface area contributed by atoms with Gasteiger partial charge >= 0.3 is 0 Å². The molecule has 2 N–H and O–H groups in total. The minimum Gasteiger partial charge on any atom is -0.372 e. The molecule has 0 spiro atoms. The summed E-state index contributed by atoms with van der Waals surface area (Å²) in [5, 5.41) is 10.9. The van der Waals surface area contributed by atoms with Crippen LogP contribution in [-0.2, 0) is 0 Å². The number of nitrogens with zero attached hydrogens (tertiary/aromatic N) is 4. The molecule has 0 saturated carbocycles. The Morgan fingerprint density at radius 3 is 2.44 bits per heavy atom. The second-order valence-corrected chi connectivity index (χ2v) is 7.60. The molecule has 0 bridgehead atoms. The van der Waals surface area contributed by atoms with E-state index in [0.29, 0.717) is 24.5 Å². The molecule has 1 heterocycles. The zero-order valence-corrected chi connectivity index (χ0v) is 21.9. The van der Waals surface area contributed by atoms with Gasteiger partial charge in [0, 0.05) is 45.8 Å². The number of hydrogen-bond acceptors (Lipinski definition) is 5. The molecule has 0 saturated heterocycles. The van der Waals surface area contributed by atoms with Crippen LogP contribution in [0, 0.1) is 5.41 Å². The Balaban J connectivity index is 0.00000529. The zero-order valence-electron chi connectivity index (χ0n) is 21.9. The Morgan fingerprint density at radius 1 is 1.24 bits per heavy atom. The van der Waals surface area contributed by atoms with Crippen LogP contribution in [-0.4, -0.2) is 59.9 Å². The Hall–Kier alpha value is -3.48. The van der Waals surface area contributed by atoms with Crippen molar-refractivity contribution in [1.29, 1.82) is 5.41 Å². The molecule has 7 heteroatoms. The van der Waals surface area contributed by atoms with Crippen molar-refractivity contribution >= 4 is 18.0 Å². The molecule has 0 aliphatic carbocycles. The van der Waals surface area contributed by atoms with E-state index in [1.165, 1.54) is 12.4 Å². The van der Waals surface area contributed by atoms with E-state index in [9.17, 15) is 4.79 Å². The molecular formula is C27H42N6O. The fourth-order valence-electron chi connectivity index (χ4n) is 2.82. The molecular weight excluding hydrogens is 424 g/mol. The lowest BCUT2D eigenvalue weighted by Gasteiger charge is -2.25. The number of pyridine rings is 1. The number of carbonyl (C=O) groups is 1. The maximum absolute atomic E-state index is 12.9. The highest BCUT2D eigenvalue weighted by molar-refractivity contribution is 6.27. The first kappa shape index (κ1) is 30.5. The first-order chi connectivity index (χ1) is 16.2. The lowest BCUT2D eigenvalue weighted by Crippen LogP contribution is -2.35. The van der Waals surface area contributed by atoms with E-state index in [-0.39, 0.29) is 11.8 Å². The molecule has 0 aliphatic rings. The highest BCUT2D eigenvalue weighted by atomic mass is 16.1. The summed E-state index contributed by atoms with van der Waals surface area (Å²) in [6.45, 7) is 18.7. The molecule has 7 nitrogen and oxygen atoms in total. The van der Waals surface area contributed by atoms with Crippen LogP contribution in [0.5, 0.6) is 0 Å². The fourth-order valence-corrected chi connectivity index (χ4v) is 2.82. The van der Waals surface area contributed by atoms with Gasteiger partial charge < -0.3 is 15.1 Å². The van der Waals surface area contributed by atoms with Gasteiger partial charge in [-0.25, -0.2) is 0 Å². The van der Waals surface area contributed by atoms with Crippen LogP contribution in [0.3, 0.4) is 0 Å². The number of hydrogen-bond donors (Lipinski definition) is 2. The minimum absolute atomic E-state index is 0.144. The molecule has 0 radical (unpaired) electrons. The molecule has 186 valence electrons. The zero-order chi connectivity index (χ0) is 26.1. The molecule has 1 amide bonds. The maximum atomic E-state index is 12.9. The quantitative estimate of drug-likeness (QED) is 0.246. The summed E-state index contributed by atoms with van der Waals surface area (Å²) in [6, 6.07) is 3.56.